The Kier molecular flexibility index (Phi) is 7.57. The summed E-state index contributed by atoms with van der Waals surface area (Å²) in [7, 11) is 3.22. The van der Waals surface area contributed by atoms with E-state index in [0.717, 1.165) is 22.6 Å². The topological polar surface area (TPSA) is 74.7 Å². The van der Waals surface area contributed by atoms with E-state index in [1.807, 2.05) is 107 Å². The Labute approximate surface area is 289 Å². The van der Waals surface area contributed by atoms with Gasteiger partial charge in [0.1, 0.15) is 17.7 Å². The van der Waals surface area contributed by atoms with Crippen molar-refractivity contribution in [3.63, 3.8) is 0 Å². The van der Waals surface area contributed by atoms with Crippen LogP contribution < -0.4 is 24.2 Å². The minimum Gasteiger partial charge on any atom is -0.497 e. The SMILES string of the molecule is COc1ccc(N2C(=O)C(C)(C)/C2=C2\C(=Nc3ccc(Cl)cc3)c3cc(Cl)ccc3N2C2N(c3ccc(OC)cc3)C(=O)C2(C)C)cc1. The number of fused-ring (bicyclic) bond motifs is 1. The lowest BCUT2D eigenvalue weighted by Gasteiger charge is -2.58. The van der Waals surface area contributed by atoms with Gasteiger partial charge in [-0.3, -0.25) is 19.4 Å². The number of β-lactam (4-membered cyclic amide) rings is 2. The smallest absolute Gasteiger partial charge is 0.243 e. The molecule has 0 aliphatic carbocycles. The molecule has 1 atom stereocenters. The predicted octanol–water partition coefficient (Wildman–Crippen LogP) is 8.64. The van der Waals surface area contributed by atoms with Gasteiger partial charge >= 0.3 is 0 Å². The molecule has 2 fully saturated rings. The molecule has 10 heteroatoms. The van der Waals surface area contributed by atoms with Crippen molar-refractivity contribution in [3.8, 4) is 11.5 Å². The summed E-state index contributed by atoms with van der Waals surface area (Å²) in [6, 6.07) is 27.8. The third-order valence-corrected chi connectivity index (χ3v) is 9.86. The fourth-order valence-electron chi connectivity index (χ4n) is 6.82. The molecule has 3 aliphatic heterocycles. The summed E-state index contributed by atoms with van der Waals surface area (Å²) in [5, 5.41) is 1.13. The number of carbonyl (C=O) groups excluding carboxylic acids is 2. The quantitative estimate of drug-likeness (QED) is 0.191. The summed E-state index contributed by atoms with van der Waals surface area (Å²) in [5.74, 6) is 1.27. The number of ether oxygens (including phenoxy) is 2. The van der Waals surface area contributed by atoms with Crippen LogP contribution in [0.1, 0.15) is 33.3 Å². The lowest BCUT2D eigenvalue weighted by atomic mass is 9.74. The Bertz CT molecular complexity index is 2020. The van der Waals surface area contributed by atoms with E-state index in [1.54, 1.807) is 36.2 Å². The number of halogens is 2. The summed E-state index contributed by atoms with van der Waals surface area (Å²) >= 11 is 12.9. The fourth-order valence-corrected chi connectivity index (χ4v) is 7.12. The molecule has 0 saturated carbocycles. The van der Waals surface area contributed by atoms with Crippen LogP contribution in [-0.4, -0.2) is 37.9 Å². The molecule has 3 aliphatic rings. The number of carbonyl (C=O) groups is 2. The molecule has 4 aromatic rings. The zero-order chi connectivity index (χ0) is 34.1. The molecular formula is C38H34Cl2N4O4. The van der Waals surface area contributed by atoms with Crippen molar-refractivity contribution in [1.82, 2.24) is 0 Å². The third-order valence-electron chi connectivity index (χ3n) is 9.37. The molecule has 48 heavy (non-hydrogen) atoms. The van der Waals surface area contributed by atoms with Crippen LogP contribution in [0.4, 0.5) is 22.7 Å². The lowest BCUT2D eigenvalue weighted by molar-refractivity contribution is -0.137. The summed E-state index contributed by atoms with van der Waals surface area (Å²) in [6.45, 7) is 7.74. The van der Waals surface area contributed by atoms with E-state index in [2.05, 4.69) is 4.90 Å². The molecule has 8 nitrogen and oxygen atoms in total. The number of amides is 2. The van der Waals surface area contributed by atoms with Crippen LogP contribution in [0.15, 0.2) is 107 Å². The van der Waals surface area contributed by atoms with Crippen LogP contribution in [0, 0.1) is 10.8 Å². The normalized spacial score (nSPS) is 21.6. The summed E-state index contributed by atoms with van der Waals surface area (Å²) < 4.78 is 10.8. The highest BCUT2D eigenvalue weighted by atomic mass is 35.5. The zero-order valence-corrected chi connectivity index (χ0v) is 28.9. The predicted molar refractivity (Wildman–Crippen MR) is 191 cm³/mol. The highest BCUT2D eigenvalue weighted by Gasteiger charge is 2.62. The first-order valence-corrected chi connectivity index (χ1v) is 16.3. The van der Waals surface area contributed by atoms with Gasteiger partial charge in [-0.2, -0.15) is 0 Å². The Morgan fingerprint density at radius 3 is 1.83 bits per heavy atom. The first-order chi connectivity index (χ1) is 22.9. The maximum Gasteiger partial charge on any atom is 0.243 e. The van der Waals surface area contributed by atoms with Crippen molar-refractivity contribution in [3.05, 3.63) is 118 Å². The van der Waals surface area contributed by atoms with Crippen molar-refractivity contribution in [2.24, 2.45) is 15.8 Å². The van der Waals surface area contributed by atoms with Crippen molar-refractivity contribution < 1.29 is 19.1 Å². The van der Waals surface area contributed by atoms with Crippen LogP contribution in [0.5, 0.6) is 11.5 Å². The number of nitrogens with zero attached hydrogens (tertiary/aromatic N) is 4. The van der Waals surface area contributed by atoms with Gasteiger partial charge in [0, 0.05) is 27.0 Å². The van der Waals surface area contributed by atoms with E-state index in [4.69, 9.17) is 37.7 Å². The highest BCUT2D eigenvalue weighted by Crippen LogP contribution is 2.55. The standard InChI is InChI=1S/C38H34Cl2N4O4/c1-37(2)33(42(35(37)45)25-12-16-27(47-5)17-13-25)32-31(41-24-10-7-22(39)8-11-24)29-21-23(40)9-20-30(29)44(32)34-38(3,4)36(46)43(34)26-14-18-28(48-6)19-15-26/h7-21,34H,1-6H3/b33-32-,41-31?. The fraction of sp³-hybridized carbons (Fsp3) is 0.237. The van der Waals surface area contributed by atoms with Gasteiger partial charge in [0.15, 0.2) is 0 Å². The maximum absolute atomic E-state index is 14.0. The molecule has 0 N–H and O–H groups in total. The van der Waals surface area contributed by atoms with Crippen molar-refractivity contribution >= 4 is 63.5 Å². The van der Waals surface area contributed by atoms with E-state index in [1.165, 1.54) is 0 Å². The molecule has 0 bridgehead atoms. The maximum atomic E-state index is 14.0. The molecular weight excluding hydrogens is 647 g/mol. The third kappa shape index (κ3) is 4.77. The zero-order valence-electron chi connectivity index (χ0n) is 27.4. The van der Waals surface area contributed by atoms with E-state index in [-0.39, 0.29) is 11.8 Å². The van der Waals surface area contributed by atoms with Crippen LogP contribution in [-0.2, 0) is 9.59 Å². The molecule has 1 unspecified atom stereocenters. The van der Waals surface area contributed by atoms with Crippen molar-refractivity contribution in [2.45, 2.75) is 33.9 Å². The van der Waals surface area contributed by atoms with Crippen LogP contribution in [0.3, 0.4) is 0 Å². The molecule has 2 saturated heterocycles. The van der Waals surface area contributed by atoms with Crippen molar-refractivity contribution in [1.29, 1.82) is 0 Å². The van der Waals surface area contributed by atoms with E-state index >= 15 is 0 Å². The number of benzene rings is 4. The average molecular weight is 682 g/mol. The number of aliphatic imine (C=N–C) groups is 1. The minimum atomic E-state index is -0.900. The molecule has 7 rings (SSSR count). The Hall–Kier alpha value is -4.79. The van der Waals surface area contributed by atoms with Crippen LogP contribution >= 0.6 is 23.2 Å². The second kappa shape index (κ2) is 11.4. The van der Waals surface area contributed by atoms with Gasteiger partial charge < -0.3 is 14.4 Å². The number of rotatable bonds is 6. The monoisotopic (exact) mass is 680 g/mol. The molecule has 244 valence electrons. The highest BCUT2D eigenvalue weighted by molar-refractivity contribution is 6.33. The van der Waals surface area contributed by atoms with E-state index < -0.39 is 17.0 Å². The number of hydrogen-bond donors (Lipinski definition) is 0. The van der Waals surface area contributed by atoms with Gasteiger partial charge in [-0.1, -0.05) is 23.2 Å². The van der Waals surface area contributed by atoms with E-state index in [0.29, 0.717) is 44.3 Å². The molecule has 4 aromatic carbocycles. The summed E-state index contributed by atoms with van der Waals surface area (Å²) in [5.41, 5.74) is 4.09. The Morgan fingerprint density at radius 1 is 0.688 bits per heavy atom. The van der Waals surface area contributed by atoms with Crippen LogP contribution in [0.2, 0.25) is 10.0 Å². The van der Waals surface area contributed by atoms with Gasteiger partial charge in [-0.25, -0.2) is 4.99 Å². The first-order valence-electron chi connectivity index (χ1n) is 15.5. The van der Waals surface area contributed by atoms with E-state index in [9.17, 15) is 9.59 Å². The largest absolute Gasteiger partial charge is 0.497 e. The minimum absolute atomic E-state index is 0.0309. The molecule has 0 spiro atoms. The van der Waals surface area contributed by atoms with Crippen molar-refractivity contribution in [2.75, 3.05) is 28.9 Å². The molecule has 0 aromatic heterocycles. The number of hydrogen-bond acceptors (Lipinski definition) is 6. The molecule has 2 amide bonds. The van der Waals surface area contributed by atoms with Gasteiger partial charge in [0.25, 0.3) is 0 Å². The molecule has 3 heterocycles. The second-order valence-corrected chi connectivity index (χ2v) is 14.0. The lowest BCUT2D eigenvalue weighted by Crippen LogP contribution is -2.73. The number of anilines is 3. The second-order valence-electron chi connectivity index (χ2n) is 13.1. The van der Waals surface area contributed by atoms with Gasteiger partial charge in [-0.15, -0.1) is 0 Å². The van der Waals surface area contributed by atoms with Gasteiger partial charge in [0.05, 0.1) is 53.5 Å². The summed E-state index contributed by atoms with van der Waals surface area (Å²) in [4.78, 5) is 38.9. The Balaban J connectivity index is 1.52. The summed E-state index contributed by atoms with van der Waals surface area (Å²) in [6.07, 6.45) is -0.483. The number of allylic oxidation sites excluding steroid dienone is 1. The Morgan fingerprint density at radius 2 is 1.25 bits per heavy atom. The van der Waals surface area contributed by atoms with Gasteiger partial charge in [0.2, 0.25) is 11.8 Å². The number of methoxy groups -OCH3 is 2. The van der Waals surface area contributed by atoms with Crippen LogP contribution in [0.25, 0.3) is 0 Å². The molecule has 0 radical (unpaired) electrons. The van der Waals surface area contributed by atoms with Gasteiger partial charge in [-0.05, 0) is 119 Å². The average Bonchev–Trinajstić information content (AvgIpc) is 3.37. The first kappa shape index (κ1) is 31.8.